The lowest BCUT2D eigenvalue weighted by Crippen LogP contribution is -1.81. The molecule has 13 heavy (non-hydrogen) atoms. The van der Waals surface area contributed by atoms with Crippen LogP contribution in [0.1, 0.15) is 0 Å². The van der Waals surface area contributed by atoms with Crippen LogP contribution in [-0.4, -0.2) is 18.1 Å². The molecular weight excluding hydrogens is 219 g/mol. The van der Waals surface area contributed by atoms with Gasteiger partial charge in [-0.15, -0.1) is 19.7 Å². The molecule has 0 saturated carbocycles. The highest BCUT2D eigenvalue weighted by atomic mass is 33.1. The Hall–Kier alpha value is 0.310. The van der Waals surface area contributed by atoms with Crippen molar-refractivity contribution in [3.05, 3.63) is 38.0 Å². The van der Waals surface area contributed by atoms with E-state index in [4.69, 9.17) is 4.52 Å². The maximum atomic E-state index is 5.57. The van der Waals surface area contributed by atoms with Gasteiger partial charge in [-0.2, -0.15) is 0 Å². The van der Waals surface area contributed by atoms with Crippen molar-refractivity contribution in [3.8, 4) is 0 Å². The molecule has 0 radical (unpaired) electrons. The summed E-state index contributed by atoms with van der Waals surface area (Å²) in [6.45, 7) is 11.1. The zero-order chi connectivity index (χ0) is 9.94. The van der Waals surface area contributed by atoms with Crippen LogP contribution in [0.3, 0.4) is 0 Å². The summed E-state index contributed by atoms with van der Waals surface area (Å²) in [6, 6.07) is 0. The molecule has 0 atom stereocenters. The Morgan fingerprint density at radius 3 is 1.92 bits per heavy atom. The molecule has 0 fully saturated rings. The van der Waals surface area contributed by atoms with Crippen molar-refractivity contribution in [1.82, 2.24) is 0 Å². The van der Waals surface area contributed by atoms with Crippen molar-refractivity contribution in [3.63, 3.8) is 0 Å². The topological polar surface area (TPSA) is 9.23 Å². The molecule has 0 heterocycles. The average Bonchev–Trinajstić information content (AvgIpc) is 2.17. The highest BCUT2D eigenvalue weighted by Crippen LogP contribution is 2.61. The van der Waals surface area contributed by atoms with Gasteiger partial charge in [0.15, 0.2) is 6.55 Å². The normalized spacial score (nSPS) is 9.92. The number of hydrogen-bond acceptors (Lipinski definition) is 3. The number of rotatable bonds is 9. The summed E-state index contributed by atoms with van der Waals surface area (Å²) in [5.74, 6) is 1.87. The van der Waals surface area contributed by atoms with E-state index in [9.17, 15) is 0 Å². The lowest BCUT2D eigenvalue weighted by atomic mass is 10.7. The molecule has 1 nitrogen and oxygen atoms in total. The second kappa shape index (κ2) is 10.4. The first kappa shape index (κ1) is 13.3. The third kappa shape index (κ3) is 8.63. The summed E-state index contributed by atoms with van der Waals surface area (Å²) in [4.78, 5) is 0. The first-order valence-electron chi connectivity index (χ1n) is 3.86. The predicted molar refractivity (Wildman–Crippen MR) is 68.4 cm³/mol. The predicted octanol–water partition coefficient (Wildman–Crippen LogP) is 4.25. The molecule has 0 aromatic rings. The molecule has 0 aliphatic rings. The SMILES string of the molecule is C=CCOP(SCC=C)SCC=C. The molecule has 0 aromatic heterocycles. The van der Waals surface area contributed by atoms with Crippen LogP contribution in [0, 0.1) is 0 Å². The van der Waals surface area contributed by atoms with Crippen LogP contribution in [0.5, 0.6) is 0 Å². The molecule has 0 unspecified atom stereocenters. The van der Waals surface area contributed by atoms with Gasteiger partial charge in [0.1, 0.15) is 0 Å². The first-order chi connectivity index (χ1) is 6.35. The Labute approximate surface area is 90.0 Å². The van der Waals surface area contributed by atoms with Gasteiger partial charge in [0.05, 0.1) is 6.61 Å². The van der Waals surface area contributed by atoms with Crippen molar-refractivity contribution in [2.75, 3.05) is 18.1 Å². The van der Waals surface area contributed by atoms with E-state index in [2.05, 4.69) is 19.7 Å². The number of hydrogen-bond donors (Lipinski definition) is 0. The summed E-state index contributed by atoms with van der Waals surface area (Å²) >= 11 is 3.59. The van der Waals surface area contributed by atoms with Gasteiger partial charge in [-0.1, -0.05) is 41.0 Å². The monoisotopic (exact) mass is 234 g/mol. The molecule has 0 rings (SSSR count). The smallest absolute Gasteiger partial charge is 0.152 e. The van der Waals surface area contributed by atoms with E-state index in [0.717, 1.165) is 11.5 Å². The fourth-order valence-corrected chi connectivity index (χ4v) is 5.52. The minimum absolute atomic E-state index is 0.459. The Kier molecular flexibility index (Phi) is 10.6. The maximum absolute atomic E-state index is 5.57. The van der Waals surface area contributed by atoms with Crippen molar-refractivity contribution >= 4 is 29.3 Å². The Bertz CT molecular complexity index is 133. The van der Waals surface area contributed by atoms with Gasteiger partial charge in [-0.05, 0) is 0 Å². The fraction of sp³-hybridized carbons (Fsp3) is 0.333. The highest BCUT2D eigenvalue weighted by molar-refractivity contribution is 8.87. The molecule has 0 aliphatic heterocycles. The zero-order valence-corrected chi connectivity index (χ0v) is 10.2. The zero-order valence-electron chi connectivity index (χ0n) is 7.65. The van der Waals surface area contributed by atoms with Crippen LogP contribution in [0.15, 0.2) is 38.0 Å². The van der Waals surface area contributed by atoms with Crippen LogP contribution in [0.2, 0.25) is 0 Å². The van der Waals surface area contributed by atoms with E-state index in [0.29, 0.717) is 6.61 Å². The van der Waals surface area contributed by atoms with Crippen LogP contribution < -0.4 is 0 Å². The van der Waals surface area contributed by atoms with Gasteiger partial charge < -0.3 is 4.52 Å². The molecule has 4 heteroatoms. The second-order valence-corrected chi connectivity index (χ2v) is 8.10. The van der Waals surface area contributed by atoms with Crippen molar-refractivity contribution in [2.45, 2.75) is 0 Å². The molecule has 0 spiro atoms. The van der Waals surface area contributed by atoms with Gasteiger partial charge in [-0.3, -0.25) is 0 Å². The van der Waals surface area contributed by atoms with Crippen LogP contribution in [-0.2, 0) is 4.52 Å². The Balaban J connectivity index is 3.64. The molecule has 0 bridgehead atoms. The highest BCUT2D eigenvalue weighted by Gasteiger charge is 2.07. The first-order valence-corrected chi connectivity index (χ1v) is 8.30. The van der Waals surface area contributed by atoms with E-state index < -0.39 is 6.55 Å². The van der Waals surface area contributed by atoms with E-state index >= 15 is 0 Å². The van der Waals surface area contributed by atoms with Crippen LogP contribution in [0.25, 0.3) is 0 Å². The third-order valence-corrected chi connectivity index (χ3v) is 7.13. The summed E-state index contributed by atoms with van der Waals surface area (Å²) < 4.78 is 5.57. The Morgan fingerprint density at radius 1 is 1.00 bits per heavy atom. The molecule has 0 saturated heterocycles. The summed E-state index contributed by atoms with van der Waals surface area (Å²) in [5.41, 5.74) is 0. The largest absolute Gasteiger partial charge is 0.335 e. The molecule has 0 N–H and O–H groups in total. The lowest BCUT2D eigenvalue weighted by molar-refractivity contribution is 0.422. The summed E-state index contributed by atoms with van der Waals surface area (Å²) in [7, 11) is 0. The molecule has 0 aromatic carbocycles. The summed E-state index contributed by atoms with van der Waals surface area (Å²) in [6.07, 6.45) is 5.57. The lowest BCUT2D eigenvalue weighted by Gasteiger charge is -2.12. The van der Waals surface area contributed by atoms with Gasteiger partial charge in [-0.25, -0.2) is 0 Å². The third-order valence-electron chi connectivity index (χ3n) is 0.893. The van der Waals surface area contributed by atoms with Gasteiger partial charge in [0.25, 0.3) is 0 Å². The van der Waals surface area contributed by atoms with Crippen molar-refractivity contribution in [2.24, 2.45) is 0 Å². The van der Waals surface area contributed by atoms with Crippen molar-refractivity contribution in [1.29, 1.82) is 0 Å². The van der Waals surface area contributed by atoms with Gasteiger partial charge in [0.2, 0.25) is 0 Å². The van der Waals surface area contributed by atoms with E-state index in [1.165, 1.54) is 0 Å². The Morgan fingerprint density at radius 2 is 1.54 bits per heavy atom. The van der Waals surface area contributed by atoms with Gasteiger partial charge >= 0.3 is 0 Å². The summed E-state index contributed by atoms with van der Waals surface area (Å²) in [5, 5.41) is 0. The second-order valence-electron chi connectivity index (χ2n) is 1.98. The van der Waals surface area contributed by atoms with E-state index in [-0.39, 0.29) is 0 Å². The average molecular weight is 234 g/mol. The molecule has 74 valence electrons. The van der Waals surface area contributed by atoms with E-state index in [1.807, 2.05) is 12.2 Å². The quantitative estimate of drug-likeness (QED) is 0.436. The minimum atomic E-state index is -0.459. The van der Waals surface area contributed by atoms with E-state index in [1.54, 1.807) is 28.8 Å². The van der Waals surface area contributed by atoms with Crippen LogP contribution in [0.4, 0.5) is 0 Å². The maximum Gasteiger partial charge on any atom is 0.152 e. The molecule has 0 aliphatic carbocycles. The molecular formula is C9H15OPS2. The van der Waals surface area contributed by atoms with Crippen LogP contribution >= 0.6 is 29.3 Å². The molecule has 0 amide bonds. The standard InChI is InChI=1S/C9H15OPS2/c1-4-7-10-11(12-8-5-2)13-9-6-3/h4-6H,1-3,7-9H2. The van der Waals surface area contributed by atoms with Gasteiger partial charge in [0, 0.05) is 11.5 Å². The fourth-order valence-electron chi connectivity index (χ4n) is 0.452. The minimum Gasteiger partial charge on any atom is -0.335 e. The van der Waals surface area contributed by atoms with Crippen molar-refractivity contribution < 1.29 is 4.52 Å².